The number of carbonyl (C=O) groups is 5. The first-order valence-electron chi connectivity index (χ1n) is 12.8. The minimum atomic E-state index is -1.99. The van der Waals surface area contributed by atoms with Gasteiger partial charge in [0, 0.05) is 36.5 Å². The van der Waals surface area contributed by atoms with Crippen LogP contribution in [-0.4, -0.2) is 73.0 Å². The van der Waals surface area contributed by atoms with E-state index in [0.29, 0.717) is 24.8 Å². The van der Waals surface area contributed by atoms with Crippen molar-refractivity contribution in [1.29, 1.82) is 0 Å². The minimum absolute atomic E-state index is 0.0133. The Morgan fingerprint density at radius 3 is 2.46 bits per heavy atom. The molecule has 208 valence electrons. The number of rotatable bonds is 7. The molecular weight excluding hydrogens is 571 g/mol. The summed E-state index contributed by atoms with van der Waals surface area (Å²) in [4.78, 5) is 62.9. The summed E-state index contributed by atoms with van der Waals surface area (Å²) in [6.07, 6.45) is 3.33. The molecule has 3 fully saturated rings. The van der Waals surface area contributed by atoms with Gasteiger partial charge in [-0.05, 0) is 49.8 Å². The SMILES string of the molecule is CN1C(=O)[C@]2(Cl)C[C@@H]3C(=CC[C@@H]4C(=O)N(CCCCCC(=O)O)C(=O)[C@@H]43)[C@H](c3cc(Cl)ccc3O)[C@]2(Cl)C1=O. The highest BCUT2D eigenvalue weighted by Crippen LogP contribution is 2.66. The molecule has 6 atom stereocenters. The summed E-state index contributed by atoms with van der Waals surface area (Å²) in [6, 6.07) is 4.31. The Kier molecular flexibility index (Phi) is 7.01. The van der Waals surface area contributed by atoms with E-state index in [1.165, 1.54) is 30.1 Å². The summed E-state index contributed by atoms with van der Waals surface area (Å²) < 4.78 is 0. The van der Waals surface area contributed by atoms with E-state index in [1.807, 2.05) is 0 Å². The first-order chi connectivity index (χ1) is 18.3. The Morgan fingerprint density at radius 1 is 1.05 bits per heavy atom. The largest absolute Gasteiger partial charge is 0.508 e. The van der Waals surface area contributed by atoms with Crippen molar-refractivity contribution in [3.8, 4) is 5.75 Å². The Labute approximate surface area is 239 Å². The molecule has 2 N–H and O–H groups in total. The molecule has 12 heteroatoms. The highest BCUT2D eigenvalue weighted by atomic mass is 35.5. The Bertz CT molecular complexity index is 1330. The van der Waals surface area contributed by atoms with Crippen LogP contribution in [0.5, 0.6) is 5.75 Å². The van der Waals surface area contributed by atoms with Crippen molar-refractivity contribution >= 4 is 64.4 Å². The number of nitrogens with zero attached hydrogens (tertiary/aromatic N) is 2. The van der Waals surface area contributed by atoms with Gasteiger partial charge in [0.2, 0.25) is 11.8 Å². The second-order valence-electron chi connectivity index (χ2n) is 10.7. The maximum atomic E-state index is 13.7. The van der Waals surface area contributed by atoms with Crippen molar-refractivity contribution in [3.05, 3.63) is 40.4 Å². The highest BCUT2D eigenvalue weighted by Gasteiger charge is 2.76. The average molecular weight is 598 g/mol. The lowest BCUT2D eigenvalue weighted by Crippen LogP contribution is -2.60. The van der Waals surface area contributed by atoms with Gasteiger partial charge in [-0.25, -0.2) is 0 Å². The monoisotopic (exact) mass is 596 g/mol. The van der Waals surface area contributed by atoms with Crippen LogP contribution >= 0.6 is 34.8 Å². The molecule has 5 rings (SSSR count). The van der Waals surface area contributed by atoms with Crippen LogP contribution in [0.25, 0.3) is 0 Å². The van der Waals surface area contributed by atoms with Gasteiger partial charge >= 0.3 is 5.97 Å². The summed E-state index contributed by atoms with van der Waals surface area (Å²) in [5, 5.41) is 20.0. The number of carboxylic acid groups (broad SMARTS) is 1. The quantitative estimate of drug-likeness (QED) is 0.212. The molecule has 4 amide bonds. The van der Waals surface area contributed by atoms with Crippen molar-refractivity contribution in [2.24, 2.45) is 17.8 Å². The number of hydrogen-bond donors (Lipinski definition) is 2. The second kappa shape index (κ2) is 9.78. The van der Waals surface area contributed by atoms with E-state index < -0.39 is 51.2 Å². The zero-order valence-corrected chi connectivity index (χ0v) is 23.3. The van der Waals surface area contributed by atoms with Crippen LogP contribution in [0.3, 0.4) is 0 Å². The average Bonchev–Trinajstić information content (AvgIpc) is 3.20. The molecule has 39 heavy (non-hydrogen) atoms. The van der Waals surface area contributed by atoms with Gasteiger partial charge in [0.1, 0.15) is 5.75 Å². The van der Waals surface area contributed by atoms with Crippen molar-refractivity contribution in [2.75, 3.05) is 13.6 Å². The molecule has 2 saturated heterocycles. The topological polar surface area (TPSA) is 132 Å². The number of phenols is 1. The first-order valence-corrected chi connectivity index (χ1v) is 13.9. The van der Waals surface area contributed by atoms with Gasteiger partial charge in [0.05, 0.1) is 11.8 Å². The molecule has 0 radical (unpaired) electrons. The number of aromatic hydroxyl groups is 1. The van der Waals surface area contributed by atoms with Gasteiger partial charge in [0.15, 0.2) is 9.75 Å². The number of benzene rings is 1. The third-order valence-electron chi connectivity index (χ3n) is 8.68. The number of aliphatic carboxylic acids is 1. The molecule has 2 heterocycles. The highest BCUT2D eigenvalue weighted by molar-refractivity contribution is 6.53. The molecule has 0 spiro atoms. The van der Waals surface area contributed by atoms with E-state index >= 15 is 0 Å². The lowest BCUT2D eigenvalue weighted by Gasteiger charge is -2.50. The van der Waals surface area contributed by atoms with E-state index in [9.17, 15) is 29.1 Å². The number of phenolic OH excluding ortho intramolecular Hbond substituents is 1. The zero-order valence-electron chi connectivity index (χ0n) is 21.0. The van der Waals surface area contributed by atoms with E-state index in [2.05, 4.69) is 0 Å². The number of amides is 4. The second-order valence-corrected chi connectivity index (χ2v) is 12.4. The number of unbranched alkanes of at least 4 members (excludes halogenated alkanes) is 2. The van der Waals surface area contributed by atoms with E-state index in [0.717, 1.165) is 4.90 Å². The van der Waals surface area contributed by atoms with Gasteiger partial charge in [-0.1, -0.05) is 29.7 Å². The number of fused-ring (bicyclic) bond motifs is 4. The number of imide groups is 2. The van der Waals surface area contributed by atoms with Gasteiger partial charge in [0.25, 0.3) is 11.8 Å². The van der Waals surface area contributed by atoms with Gasteiger partial charge in [-0.3, -0.25) is 33.8 Å². The maximum Gasteiger partial charge on any atom is 0.303 e. The van der Waals surface area contributed by atoms with Crippen LogP contribution in [0.2, 0.25) is 5.02 Å². The minimum Gasteiger partial charge on any atom is -0.508 e. The van der Waals surface area contributed by atoms with Crippen molar-refractivity contribution in [2.45, 2.75) is 54.2 Å². The predicted octanol–water partition coefficient (Wildman–Crippen LogP) is 3.68. The number of carbonyl (C=O) groups excluding carboxylic acids is 4. The van der Waals surface area contributed by atoms with Gasteiger partial charge < -0.3 is 10.2 Å². The normalized spacial score (nSPS) is 33.7. The molecule has 0 unspecified atom stereocenters. The lowest BCUT2D eigenvalue weighted by atomic mass is 9.56. The third kappa shape index (κ3) is 3.99. The summed E-state index contributed by atoms with van der Waals surface area (Å²) in [5.41, 5.74) is 0.779. The number of hydrogen-bond acceptors (Lipinski definition) is 6. The smallest absolute Gasteiger partial charge is 0.303 e. The van der Waals surface area contributed by atoms with Crippen molar-refractivity contribution in [3.63, 3.8) is 0 Å². The fourth-order valence-electron chi connectivity index (χ4n) is 6.85. The van der Waals surface area contributed by atoms with E-state index in [-0.39, 0.29) is 54.0 Å². The zero-order chi connectivity index (χ0) is 28.4. The molecule has 2 aliphatic heterocycles. The molecular formula is C27H27Cl3N2O7. The van der Waals surface area contributed by atoms with Gasteiger partial charge in [-0.15, -0.1) is 23.2 Å². The molecule has 1 aromatic carbocycles. The fraction of sp³-hybridized carbons (Fsp3) is 0.519. The number of halogens is 3. The van der Waals surface area contributed by atoms with Crippen molar-refractivity contribution < 1.29 is 34.2 Å². The number of likely N-dealkylation sites (tertiary alicyclic amines) is 2. The Hall–Kier alpha value is -2.62. The molecule has 9 nitrogen and oxygen atoms in total. The van der Waals surface area contributed by atoms with E-state index in [1.54, 1.807) is 6.08 Å². The summed E-state index contributed by atoms with van der Waals surface area (Å²) in [6.45, 7) is 0.163. The number of allylic oxidation sites excluding steroid dienone is 2. The summed E-state index contributed by atoms with van der Waals surface area (Å²) in [7, 11) is 1.29. The van der Waals surface area contributed by atoms with Crippen LogP contribution in [0.1, 0.15) is 50.0 Å². The van der Waals surface area contributed by atoms with Crippen LogP contribution in [0.15, 0.2) is 29.8 Å². The third-order valence-corrected chi connectivity index (χ3v) is 10.3. The molecule has 0 bridgehead atoms. The van der Waals surface area contributed by atoms with Crippen LogP contribution in [0.4, 0.5) is 0 Å². The Morgan fingerprint density at radius 2 is 1.77 bits per heavy atom. The molecule has 2 aliphatic carbocycles. The van der Waals surface area contributed by atoms with Gasteiger partial charge in [-0.2, -0.15) is 0 Å². The summed E-state index contributed by atoms with van der Waals surface area (Å²) in [5.74, 6) is -6.47. The van der Waals surface area contributed by atoms with Crippen LogP contribution < -0.4 is 0 Å². The predicted molar refractivity (Wildman–Crippen MR) is 141 cm³/mol. The van der Waals surface area contributed by atoms with Crippen LogP contribution in [-0.2, 0) is 24.0 Å². The van der Waals surface area contributed by atoms with E-state index in [4.69, 9.17) is 39.9 Å². The molecule has 4 aliphatic rings. The van der Waals surface area contributed by atoms with Crippen molar-refractivity contribution in [1.82, 2.24) is 9.80 Å². The lowest BCUT2D eigenvalue weighted by molar-refractivity contribution is -0.141. The number of carboxylic acids is 1. The molecule has 1 aromatic rings. The molecule has 0 aromatic heterocycles. The fourth-order valence-corrected chi connectivity index (χ4v) is 8.05. The maximum absolute atomic E-state index is 13.7. The standard InChI is InChI=1S/C27H27Cl3N2O7/c1-31-24(38)26(29)12-17-14(21(27(26,30)25(31)39)16-11-13(28)6-9-18(16)33)7-8-15-20(17)23(37)32(22(15)36)10-4-2-3-5-19(34)35/h6-7,9,11,15,17,20-21,33H,2-5,8,10,12H2,1H3,(H,34,35)/t15-,17+,20-,21+,26+,27-/m0/s1. The first kappa shape index (κ1) is 27.9. The van der Waals surface area contributed by atoms with Crippen LogP contribution in [0, 0.1) is 17.8 Å². The number of alkyl halides is 2. The summed E-state index contributed by atoms with van der Waals surface area (Å²) >= 11 is 20.4. The molecule has 1 saturated carbocycles. The Balaban J connectivity index is 1.54.